The predicted octanol–water partition coefficient (Wildman–Crippen LogP) is 1.93. The molecule has 0 radical (unpaired) electrons. The van der Waals surface area contributed by atoms with Gasteiger partial charge in [0.1, 0.15) is 0 Å². The van der Waals surface area contributed by atoms with Crippen molar-refractivity contribution in [3.8, 4) is 0 Å². The van der Waals surface area contributed by atoms with Crippen LogP contribution in [0, 0.1) is 33.1 Å². The van der Waals surface area contributed by atoms with Crippen LogP contribution in [-0.2, 0) is 26.2 Å². The summed E-state index contributed by atoms with van der Waals surface area (Å²) in [5, 5.41) is 33.7. The van der Waals surface area contributed by atoms with E-state index in [1.165, 1.54) is 0 Å². The van der Waals surface area contributed by atoms with Crippen LogP contribution < -0.4 is 0 Å². The van der Waals surface area contributed by atoms with Crippen molar-refractivity contribution in [1.29, 1.82) is 0 Å². The van der Waals surface area contributed by atoms with E-state index in [2.05, 4.69) is 41.2 Å². The molecule has 0 bridgehead atoms. The van der Waals surface area contributed by atoms with Gasteiger partial charge in [-0.05, 0) is 58.8 Å². The van der Waals surface area contributed by atoms with Crippen LogP contribution in [-0.4, -0.2) is 60.0 Å². The molecule has 0 unspecified atom stereocenters. The third-order valence-corrected chi connectivity index (χ3v) is 6.10. The number of nitrogens with zero attached hydrogens (tertiary/aromatic N) is 12. The second kappa shape index (κ2) is 10.0. The van der Waals surface area contributed by atoms with Crippen molar-refractivity contribution in [2.75, 3.05) is 0 Å². The molecular formula is C21H32N12. The Morgan fingerprint density at radius 2 is 0.727 bits per heavy atom. The van der Waals surface area contributed by atoms with Gasteiger partial charge in [-0.1, -0.05) is 20.9 Å². The maximum absolute atomic E-state index is 4.27. The highest BCUT2D eigenvalue weighted by atomic mass is 15.4. The molecule has 0 aromatic carbocycles. The highest BCUT2D eigenvalue weighted by Crippen LogP contribution is 2.37. The summed E-state index contributed by atoms with van der Waals surface area (Å²) in [7, 11) is 0. The van der Waals surface area contributed by atoms with Gasteiger partial charge in [0.05, 0.1) is 22.8 Å². The van der Waals surface area contributed by atoms with Crippen LogP contribution in [0.25, 0.3) is 0 Å². The summed E-state index contributed by atoms with van der Waals surface area (Å²) >= 11 is 0. The van der Waals surface area contributed by atoms with Crippen LogP contribution >= 0.6 is 0 Å². The molecule has 0 aliphatic carbocycles. The molecule has 0 saturated carbocycles. The smallest absolute Gasteiger partial charge is 0.0796 e. The average Bonchev–Trinajstić information content (AvgIpc) is 3.58. The summed E-state index contributed by atoms with van der Waals surface area (Å²) in [6, 6.07) is 0. The van der Waals surface area contributed by atoms with Crippen LogP contribution in [0.2, 0.25) is 0 Å². The van der Waals surface area contributed by atoms with E-state index >= 15 is 0 Å². The van der Waals surface area contributed by atoms with Crippen molar-refractivity contribution < 1.29 is 0 Å². The van der Waals surface area contributed by atoms with E-state index in [4.69, 9.17) is 0 Å². The number of aromatic nitrogens is 12. The summed E-state index contributed by atoms with van der Waals surface area (Å²) in [5.74, 6) is 0. The monoisotopic (exact) mass is 452 g/mol. The highest BCUT2D eigenvalue weighted by molar-refractivity contribution is 4.91. The van der Waals surface area contributed by atoms with Crippen molar-refractivity contribution in [3.63, 3.8) is 0 Å². The first-order valence-electron chi connectivity index (χ1n) is 11.4. The Bertz CT molecular complexity index is 967. The SMILES string of the molecule is Cc1cn(CCC(CCn2cc(C)nn2)(CCn2cc(C)nn2)CCn2cc(C)nn2)nn1. The summed E-state index contributed by atoms with van der Waals surface area (Å²) in [4.78, 5) is 0. The van der Waals surface area contributed by atoms with Gasteiger partial charge < -0.3 is 0 Å². The van der Waals surface area contributed by atoms with Crippen molar-refractivity contribution in [3.05, 3.63) is 47.6 Å². The van der Waals surface area contributed by atoms with Crippen molar-refractivity contribution in [1.82, 2.24) is 60.0 Å². The Morgan fingerprint density at radius 3 is 0.909 bits per heavy atom. The van der Waals surface area contributed by atoms with Gasteiger partial charge in [0, 0.05) is 51.0 Å². The fourth-order valence-corrected chi connectivity index (χ4v) is 4.18. The first kappa shape index (κ1) is 22.7. The van der Waals surface area contributed by atoms with E-state index in [-0.39, 0.29) is 5.41 Å². The fourth-order valence-electron chi connectivity index (χ4n) is 4.18. The zero-order chi connectivity index (χ0) is 23.3. The summed E-state index contributed by atoms with van der Waals surface area (Å²) in [6.45, 7) is 11.0. The van der Waals surface area contributed by atoms with Crippen LogP contribution in [0.4, 0.5) is 0 Å². The van der Waals surface area contributed by atoms with Gasteiger partial charge in [-0.3, -0.25) is 18.7 Å². The molecule has 0 amide bonds. The third kappa shape index (κ3) is 6.30. The fraction of sp³-hybridized carbons (Fsp3) is 0.619. The molecule has 0 saturated heterocycles. The number of rotatable bonds is 12. The number of hydrogen-bond acceptors (Lipinski definition) is 8. The van der Waals surface area contributed by atoms with Crippen LogP contribution in [0.1, 0.15) is 48.5 Å². The minimum Gasteiger partial charge on any atom is -0.252 e. The molecule has 4 aromatic rings. The first-order chi connectivity index (χ1) is 15.9. The summed E-state index contributed by atoms with van der Waals surface area (Å²) in [5.41, 5.74) is 3.70. The lowest BCUT2D eigenvalue weighted by molar-refractivity contribution is 0.149. The molecule has 0 atom stereocenters. The largest absolute Gasteiger partial charge is 0.252 e. The van der Waals surface area contributed by atoms with Gasteiger partial charge in [0.2, 0.25) is 0 Å². The van der Waals surface area contributed by atoms with Gasteiger partial charge >= 0.3 is 0 Å². The molecule has 4 heterocycles. The molecule has 4 rings (SSSR count). The number of aryl methyl sites for hydroxylation is 8. The second-order valence-corrected chi connectivity index (χ2v) is 8.99. The molecule has 4 aromatic heterocycles. The Labute approximate surface area is 193 Å². The Hall–Kier alpha value is -3.44. The Balaban J connectivity index is 1.55. The van der Waals surface area contributed by atoms with E-state index in [1.807, 2.05) is 71.2 Å². The van der Waals surface area contributed by atoms with E-state index in [1.54, 1.807) is 0 Å². The predicted molar refractivity (Wildman–Crippen MR) is 120 cm³/mol. The molecule has 0 spiro atoms. The van der Waals surface area contributed by atoms with Crippen LogP contribution in [0.15, 0.2) is 24.8 Å². The van der Waals surface area contributed by atoms with E-state index in [0.29, 0.717) is 0 Å². The molecule has 0 aliphatic heterocycles. The molecule has 33 heavy (non-hydrogen) atoms. The van der Waals surface area contributed by atoms with Crippen molar-refractivity contribution in [2.45, 2.75) is 79.6 Å². The maximum atomic E-state index is 4.27. The van der Waals surface area contributed by atoms with Crippen molar-refractivity contribution >= 4 is 0 Å². The van der Waals surface area contributed by atoms with E-state index in [9.17, 15) is 0 Å². The van der Waals surface area contributed by atoms with Gasteiger partial charge in [0.25, 0.3) is 0 Å². The lowest BCUT2D eigenvalue weighted by Crippen LogP contribution is -2.29. The quantitative estimate of drug-likeness (QED) is 0.319. The van der Waals surface area contributed by atoms with Crippen molar-refractivity contribution in [2.24, 2.45) is 5.41 Å². The molecule has 12 nitrogen and oxygen atoms in total. The average molecular weight is 453 g/mol. The molecule has 0 N–H and O–H groups in total. The highest BCUT2D eigenvalue weighted by Gasteiger charge is 2.30. The third-order valence-electron chi connectivity index (χ3n) is 6.10. The van der Waals surface area contributed by atoms with Gasteiger partial charge in [-0.25, -0.2) is 0 Å². The maximum Gasteiger partial charge on any atom is 0.0796 e. The Kier molecular flexibility index (Phi) is 6.90. The zero-order valence-electron chi connectivity index (χ0n) is 19.8. The summed E-state index contributed by atoms with van der Waals surface area (Å²) in [6.07, 6.45) is 11.8. The van der Waals surface area contributed by atoms with Gasteiger partial charge in [-0.2, -0.15) is 0 Å². The topological polar surface area (TPSA) is 123 Å². The number of hydrogen-bond donors (Lipinski definition) is 0. The standard InChI is InChI=1S/C21H32N12/c1-17-13-30(26-22-17)9-5-21(6-10-31-14-18(2)23-27-31,7-11-32-15-19(3)24-28-32)8-12-33-16-20(4)25-29-33/h13-16H,5-12H2,1-4H3. The Morgan fingerprint density at radius 1 is 0.485 bits per heavy atom. The normalized spacial score (nSPS) is 12.0. The molecule has 176 valence electrons. The molecular weight excluding hydrogens is 420 g/mol. The molecule has 0 aliphatic rings. The van der Waals surface area contributed by atoms with Gasteiger partial charge in [0.15, 0.2) is 0 Å². The minimum absolute atomic E-state index is 0.000576. The van der Waals surface area contributed by atoms with E-state index < -0.39 is 0 Å². The lowest BCUT2D eigenvalue weighted by atomic mass is 9.75. The second-order valence-electron chi connectivity index (χ2n) is 8.99. The minimum atomic E-state index is -0.000576. The van der Waals surface area contributed by atoms with Crippen LogP contribution in [0.3, 0.4) is 0 Å². The van der Waals surface area contributed by atoms with E-state index in [0.717, 1.165) is 74.6 Å². The van der Waals surface area contributed by atoms with Gasteiger partial charge in [-0.15, -0.1) is 20.4 Å². The lowest BCUT2D eigenvalue weighted by Gasteiger charge is -2.34. The zero-order valence-corrected chi connectivity index (χ0v) is 19.8. The first-order valence-corrected chi connectivity index (χ1v) is 11.4. The molecule has 0 fully saturated rings. The molecule has 12 heteroatoms. The summed E-state index contributed by atoms with van der Waals surface area (Å²) < 4.78 is 7.73. The van der Waals surface area contributed by atoms with Crippen LogP contribution in [0.5, 0.6) is 0 Å².